The van der Waals surface area contributed by atoms with Crippen molar-refractivity contribution in [3.8, 4) is 0 Å². The number of hydrogen-bond donors (Lipinski definition) is 2. The Morgan fingerprint density at radius 3 is 2.88 bits per heavy atom. The number of allylic oxidation sites excluding steroid dienone is 2. The van der Waals surface area contributed by atoms with Crippen LogP contribution in [0, 0.1) is 5.92 Å². The van der Waals surface area contributed by atoms with E-state index in [0.717, 1.165) is 19.3 Å². The molecule has 2 aromatic rings. The number of amides is 2. The molecule has 0 saturated heterocycles. The van der Waals surface area contributed by atoms with Crippen LogP contribution in [0.1, 0.15) is 19.3 Å². The molecule has 7 heteroatoms. The third-order valence-corrected chi connectivity index (χ3v) is 4.19. The smallest absolute Gasteiger partial charge is 0.408 e. The number of oxazole rings is 1. The van der Waals surface area contributed by atoms with Crippen molar-refractivity contribution in [2.24, 2.45) is 13.0 Å². The molecule has 3 rings (SSSR count). The molecule has 0 spiro atoms. The lowest BCUT2D eigenvalue weighted by molar-refractivity contribution is -0.136. The van der Waals surface area contributed by atoms with Gasteiger partial charge in [-0.1, -0.05) is 12.2 Å². The number of nitrogens with zero attached hydrogens (tertiary/aromatic N) is 1. The van der Waals surface area contributed by atoms with E-state index >= 15 is 0 Å². The van der Waals surface area contributed by atoms with Gasteiger partial charge in [0.25, 0.3) is 0 Å². The van der Waals surface area contributed by atoms with Crippen molar-refractivity contribution in [2.75, 3.05) is 11.9 Å². The van der Waals surface area contributed by atoms with Gasteiger partial charge in [0.1, 0.15) is 0 Å². The zero-order valence-corrected chi connectivity index (χ0v) is 13.4. The lowest BCUT2D eigenvalue weighted by Crippen LogP contribution is -2.38. The van der Waals surface area contributed by atoms with Gasteiger partial charge in [-0.2, -0.15) is 0 Å². The van der Waals surface area contributed by atoms with Gasteiger partial charge in [-0.25, -0.2) is 4.79 Å². The Labute approximate surface area is 138 Å². The maximum atomic E-state index is 12.0. The highest BCUT2D eigenvalue weighted by atomic mass is 16.4. The summed E-state index contributed by atoms with van der Waals surface area (Å²) in [4.78, 5) is 35.3. The Morgan fingerprint density at radius 2 is 2.12 bits per heavy atom. The summed E-state index contributed by atoms with van der Waals surface area (Å²) >= 11 is 0. The van der Waals surface area contributed by atoms with Crippen molar-refractivity contribution in [3.05, 3.63) is 40.9 Å². The molecule has 2 N–H and O–H groups in total. The van der Waals surface area contributed by atoms with E-state index in [0.29, 0.717) is 29.2 Å². The highest BCUT2D eigenvalue weighted by Crippen LogP contribution is 2.18. The molecule has 1 aliphatic rings. The number of aryl methyl sites for hydroxylation is 1. The first kappa shape index (κ1) is 16.0. The summed E-state index contributed by atoms with van der Waals surface area (Å²) in [6.45, 7) is 0.489. The van der Waals surface area contributed by atoms with Crippen LogP contribution in [-0.4, -0.2) is 22.9 Å². The van der Waals surface area contributed by atoms with E-state index in [-0.39, 0.29) is 0 Å². The van der Waals surface area contributed by atoms with Gasteiger partial charge >= 0.3 is 17.6 Å². The predicted molar refractivity (Wildman–Crippen MR) is 89.6 cm³/mol. The summed E-state index contributed by atoms with van der Waals surface area (Å²) in [5, 5.41) is 5.17. The van der Waals surface area contributed by atoms with Gasteiger partial charge in [0, 0.05) is 25.3 Å². The average Bonchev–Trinajstić information content (AvgIpc) is 2.87. The predicted octanol–water partition coefficient (Wildman–Crippen LogP) is 1.54. The first-order chi connectivity index (χ1) is 11.5. The van der Waals surface area contributed by atoms with E-state index in [2.05, 4.69) is 22.8 Å². The van der Waals surface area contributed by atoms with E-state index in [1.54, 1.807) is 19.2 Å². The second kappa shape index (κ2) is 6.74. The molecule has 7 nitrogen and oxygen atoms in total. The lowest BCUT2D eigenvalue weighted by Gasteiger charge is -2.17. The molecule has 0 radical (unpaired) electrons. The van der Waals surface area contributed by atoms with Crippen molar-refractivity contribution in [3.63, 3.8) is 0 Å². The molecule has 1 aromatic carbocycles. The van der Waals surface area contributed by atoms with E-state index in [1.165, 1.54) is 10.6 Å². The minimum atomic E-state index is -0.737. The molecule has 126 valence electrons. The molecule has 0 saturated carbocycles. The van der Waals surface area contributed by atoms with Crippen LogP contribution in [0.15, 0.2) is 39.6 Å². The lowest BCUT2D eigenvalue weighted by atomic mass is 9.94. The molecule has 2 amide bonds. The molecule has 1 aliphatic carbocycles. The summed E-state index contributed by atoms with van der Waals surface area (Å²) < 4.78 is 6.42. The molecular weight excluding hydrogens is 310 g/mol. The third kappa shape index (κ3) is 3.40. The fraction of sp³-hybridized carbons (Fsp3) is 0.353. The Morgan fingerprint density at radius 1 is 1.29 bits per heavy atom. The maximum absolute atomic E-state index is 12.0. The van der Waals surface area contributed by atoms with E-state index in [9.17, 15) is 14.4 Å². The number of carbonyl (C=O) groups is 2. The summed E-state index contributed by atoms with van der Waals surface area (Å²) in [5.41, 5.74) is 1.38. The first-order valence-electron chi connectivity index (χ1n) is 7.88. The largest absolute Gasteiger partial charge is 0.419 e. The summed E-state index contributed by atoms with van der Waals surface area (Å²) in [6.07, 6.45) is 7.18. The molecule has 1 heterocycles. The molecule has 24 heavy (non-hydrogen) atoms. The molecule has 1 atom stereocenters. The minimum Gasteiger partial charge on any atom is -0.408 e. The van der Waals surface area contributed by atoms with Gasteiger partial charge < -0.3 is 15.1 Å². The number of hydrogen-bond acceptors (Lipinski definition) is 4. The number of rotatable bonds is 3. The van der Waals surface area contributed by atoms with Gasteiger partial charge in [0.2, 0.25) is 0 Å². The molecular formula is C17H19N3O4. The van der Waals surface area contributed by atoms with Crippen molar-refractivity contribution in [1.82, 2.24) is 9.88 Å². The number of fused-ring (bicyclic) bond motifs is 1. The van der Waals surface area contributed by atoms with Crippen LogP contribution in [0.5, 0.6) is 0 Å². The summed E-state index contributed by atoms with van der Waals surface area (Å²) in [7, 11) is 1.60. The fourth-order valence-electron chi connectivity index (χ4n) is 2.76. The number of anilines is 1. The fourth-order valence-corrected chi connectivity index (χ4v) is 2.76. The normalized spacial score (nSPS) is 17.0. The second-order valence-electron chi connectivity index (χ2n) is 5.92. The van der Waals surface area contributed by atoms with Gasteiger partial charge in [0.05, 0.1) is 5.52 Å². The number of aromatic nitrogens is 1. The van der Waals surface area contributed by atoms with Crippen molar-refractivity contribution >= 4 is 28.6 Å². The average molecular weight is 329 g/mol. The molecule has 0 aliphatic heterocycles. The van der Waals surface area contributed by atoms with Crippen molar-refractivity contribution in [1.29, 1.82) is 0 Å². The van der Waals surface area contributed by atoms with Crippen LogP contribution >= 0.6 is 0 Å². The summed E-state index contributed by atoms with van der Waals surface area (Å²) in [6, 6.07) is 4.80. The van der Waals surface area contributed by atoms with Crippen LogP contribution in [-0.2, 0) is 16.6 Å². The van der Waals surface area contributed by atoms with Gasteiger partial charge in [-0.15, -0.1) is 0 Å². The van der Waals surface area contributed by atoms with Gasteiger partial charge in [-0.05, 0) is 37.3 Å². The molecule has 1 aromatic heterocycles. The van der Waals surface area contributed by atoms with Gasteiger partial charge in [-0.3, -0.25) is 14.2 Å². The van der Waals surface area contributed by atoms with Crippen LogP contribution in [0.4, 0.5) is 5.69 Å². The molecule has 0 fully saturated rings. The molecule has 1 unspecified atom stereocenters. The Hall–Kier alpha value is -2.83. The quantitative estimate of drug-likeness (QED) is 0.660. The highest BCUT2D eigenvalue weighted by Gasteiger charge is 2.17. The standard InChI is InChI=1S/C17H19N3O4/c1-20-13-8-7-12(9-14(13)24-17(20)23)19-16(22)15(21)18-10-11-5-3-2-4-6-11/h2-3,7-9,11H,4-6,10H2,1H3,(H,18,21)(H,19,22). The first-order valence-corrected chi connectivity index (χ1v) is 7.88. The van der Waals surface area contributed by atoms with Crippen LogP contribution < -0.4 is 16.4 Å². The zero-order chi connectivity index (χ0) is 17.1. The zero-order valence-electron chi connectivity index (χ0n) is 13.4. The summed E-state index contributed by atoms with van der Waals surface area (Å²) in [5.74, 6) is -1.51. The van der Waals surface area contributed by atoms with Crippen LogP contribution in [0.25, 0.3) is 11.1 Å². The van der Waals surface area contributed by atoms with Crippen molar-refractivity contribution < 1.29 is 14.0 Å². The third-order valence-electron chi connectivity index (χ3n) is 4.19. The topological polar surface area (TPSA) is 93.3 Å². The monoisotopic (exact) mass is 329 g/mol. The van der Waals surface area contributed by atoms with Crippen molar-refractivity contribution in [2.45, 2.75) is 19.3 Å². The van der Waals surface area contributed by atoms with E-state index < -0.39 is 17.6 Å². The number of benzene rings is 1. The van der Waals surface area contributed by atoms with Crippen LogP contribution in [0.3, 0.4) is 0 Å². The number of nitrogens with one attached hydrogen (secondary N) is 2. The Kier molecular flexibility index (Phi) is 4.50. The SMILES string of the molecule is Cn1c(=O)oc2cc(NC(=O)C(=O)NCC3CC=CCC3)ccc21. The van der Waals surface area contributed by atoms with Crippen LogP contribution in [0.2, 0.25) is 0 Å². The van der Waals surface area contributed by atoms with Gasteiger partial charge in [0.15, 0.2) is 5.58 Å². The number of carbonyl (C=O) groups excluding carboxylic acids is 2. The Balaban J connectivity index is 1.60. The highest BCUT2D eigenvalue weighted by molar-refractivity contribution is 6.39. The van der Waals surface area contributed by atoms with E-state index in [4.69, 9.17) is 4.42 Å². The maximum Gasteiger partial charge on any atom is 0.419 e. The Bertz CT molecular complexity index is 862. The second-order valence-corrected chi connectivity index (χ2v) is 5.92. The molecule has 0 bridgehead atoms. The minimum absolute atomic E-state index is 0.356. The van der Waals surface area contributed by atoms with E-state index in [1.807, 2.05) is 0 Å².